The van der Waals surface area contributed by atoms with Crippen molar-refractivity contribution in [2.45, 2.75) is 31.9 Å². The van der Waals surface area contributed by atoms with E-state index in [-0.39, 0.29) is 12.1 Å². The molecule has 0 spiro atoms. The summed E-state index contributed by atoms with van der Waals surface area (Å²) in [5, 5.41) is 14.2. The number of hydrogen-bond donors (Lipinski definition) is 2. The van der Waals surface area contributed by atoms with Gasteiger partial charge < -0.3 is 15.3 Å². The molecular formula is C15H23ClN2O. The van der Waals surface area contributed by atoms with Crippen molar-refractivity contribution in [2.24, 2.45) is 0 Å². The second-order valence-corrected chi connectivity index (χ2v) is 5.78. The van der Waals surface area contributed by atoms with Crippen LogP contribution >= 0.6 is 11.6 Å². The van der Waals surface area contributed by atoms with E-state index in [9.17, 15) is 5.11 Å². The number of benzene rings is 1. The molecule has 2 atom stereocenters. The molecule has 2 rings (SSSR count). The number of rotatable bonds is 6. The van der Waals surface area contributed by atoms with E-state index >= 15 is 0 Å². The van der Waals surface area contributed by atoms with Gasteiger partial charge in [0.25, 0.3) is 0 Å². The fourth-order valence-electron chi connectivity index (χ4n) is 2.51. The predicted octanol–water partition coefficient (Wildman–Crippen LogP) is 2.45. The van der Waals surface area contributed by atoms with Gasteiger partial charge in [0.05, 0.1) is 6.10 Å². The third-order valence-corrected chi connectivity index (χ3v) is 3.95. The molecule has 1 heterocycles. The minimum atomic E-state index is -0.298. The van der Waals surface area contributed by atoms with Gasteiger partial charge in [-0.25, -0.2) is 0 Å². The van der Waals surface area contributed by atoms with Crippen LogP contribution in [0.15, 0.2) is 24.3 Å². The van der Waals surface area contributed by atoms with Crippen LogP contribution in [-0.4, -0.2) is 42.3 Å². The van der Waals surface area contributed by atoms with Crippen molar-refractivity contribution in [3.8, 4) is 0 Å². The van der Waals surface area contributed by atoms with E-state index in [0.717, 1.165) is 24.7 Å². The average Bonchev–Trinajstić information content (AvgIpc) is 2.89. The smallest absolute Gasteiger partial charge is 0.0791 e. The SMILES string of the molecule is C[C@H](NCC(O)CN1CCCC1)c1ccc(Cl)cc1. The molecule has 0 aliphatic carbocycles. The minimum absolute atomic E-state index is 0.227. The third-order valence-electron chi connectivity index (χ3n) is 3.70. The monoisotopic (exact) mass is 282 g/mol. The Kier molecular flexibility index (Phi) is 5.64. The summed E-state index contributed by atoms with van der Waals surface area (Å²) in [5.74, 6) is 0. The topological polar surface area (TPSA) is 35.5 Å². The maximum Gasteiger partial charge on any atom is 0.0791 e. The molecule has 2 N–H and O–H groups in total. The zero-order valence-corrected chi connectivity index (χ0v) is 12.2. The standard InChI is InChI=1S/C15H23ClN2O/c1-12(13-4-6-14(16)7-5-13)17-10-15(19)11-18-8-2-3-9-18/h4-7,12,15,17,19H,2-3,8-11H2,1H3/t12-,15?/m0/s1. The molecule has 0 amide bonds. The number of nitrogens with one attached hydrogen (secondary N) is 1. The highest BCUT2D eigenvalue weighted by Crippen LogP contribution is 2.16. The predicted molar refractivity (Wildman–Crippen MR) is 79.6 cm³/mol. The zero-order chi connectivity index (χ0) is 13.7. The van der Waals surface area contributed by atoms with Crippen molar-refractivity contribution in [2.75, 3.05) is 26.2 Å². The zero-order valence-electron chi connectivity index (χ0n) is 11.5. The lowest BCUT2D eigenvalue weighted by atomic mass is 10.1. The maximum absolute atomic E-state index is 10.0. The van der Waals surface area contributed by atoms with Crippen LogP contribution in [0.4, 0.5) is 0 Å². The van der Waals surface area contributed by atoms with Crippen LogP contribution in [0.2, 0.25) is 5.02 Å². The Bertz CT molecular complexity index is 376. The second-order valence-electron chi connectivity index (χ2n) is 5.34. The highest BCUT2D eigenvalue weighted by molar-refractivity contribution is 6.30. The number of β-amino-alcohol motifs (C(OH)–C–C–N with tert-alkyl or cyclic N) is 1. The third kappa shape index (κ3) is 4.77. The fraction of sp³-hybridized carbons (Fsp3) is 0.600. The Labute approximate surface area is 120 Å². The minimum Gasteiger partial charge on any atom is -0.390 e. The Morgan fingerprint density at radius 3 is 2.53 bits per heavy atom. The van der Waals surface area contributed by atoms with E-state index in [2.05, 4.69) is 17.1 Å². The van der Waals surface area contributed by atoms with Crippen LogP contribution in [0, 0.1) is 0 Å². The van der Waals surface area contributed by atoms with Crippen molar-refractivity contribution < 1.29 is 5.11 Å². The van der Waals surface area contributed by atoms with Crippen LogP contribution < -0.4 is 5.32 Å². The normalized spacial score (nSPS) is 19.5. The van der Waals surface area contributed by atoms with E-state index in [1.54, 1.807) is 0 Å². The molecule has 0 radical (unpaired) electrons. The summed E-state index contributed by atoms with van der Waals surface area (Å²) in [5.41, 5.74) is 1.19. The molecule has 1 aromatic carbocycles. The van der Waals surface area contributed by atoms with E-state index in [0.29, 0.717) is 6.54 Å². The van der Waals surface area contributed by atoms with Crippen molar-refractivity contribution in [1.82, 2.24) is 10.2 Å². The molecule has 1 aliphatic rings. The van der Waals surface area contributed by atoms with E-state index in [1.165, 1.54) is 18.4 Å². The summed E-state index contributed by atoms with van der Waals surface area (Å²) in [7, 11) is 0. The lowest BCUT2D eigenvalue weighted by molar-refractivity contribution is 0.121. The van der Waals surface area contributed by atoms with Crippen molar-refractivity contribution in [3.05, 3.63) is 34.9 Å². The molecule has 1 fully saturated rings. The van der Waals surface area contributed by atoms with E-state index in [1.807, 2.05) is 24.3 Å². The van der Waals surface area contributed by atoms with Gasteiger partial charge in [0.15, 0.2) is 0 Å². The van der Waals surface area contributed by atoms with Crippen molar-refractivity contribution in [3.63, 3.8) is 0 Å². The number of aliphatic hydroxyl groups excluding tert-OH is 1. The molecule has 0 bridgehead atoms. The Hall–Kier alpha value is -0.610. The largest absolute Gasteiger partial charge is 0.390 e. The van der Waals surface area contributed by atoms with Gasteiger partial charge in [-0.3, -0.25) is 0 Å². The van der Waals surface area contributed by atoms with Crippen LogP contribution in [0.25, 0.3) is 0 Å². The number of hydrogen-bond acceptors (Lipinski definition) is 3. The molecule has 0 saturated carbocycles. The van der Waals surface area contributed by atoms with Gasteiger partial charge in [-0.2, -0.15) is 0 Å². The molecule has 0 aromatic heterocycles. The first-order valence-corrected chi connectivity index (χ1v) is 7.42. The van der Waals surface area contributed by atoms with Gasteiger partial charge in [-0.15, -0.1) is 0 Å². The van der Waals surface area contributed by atoms with Gasteiger partial charge in [0.2, 0.25) is 0 Å². The van der Waals surface area contributed by atoms with Crippen molar-refractivity contribution >= 4 is 11.6 Å². The van der Waals surface area contributed by atoms with Crippen molar-refractivity contribution in [1.29, 1.82) is 0 Å². The molecule has 19 heavy (non-hydrogen) atoms. The molecule has 1 unspecified atom stereocenters. The molecule has 1 aliphatic heterocycles. The van der Waals surface area contributed by atoms with Crippen LogP contribution in [-0.2, 0) is 0 Å². The summed E-state index contributed by atoms with van der Waals surface area (Å²) in [4.78, 5) is 2.33. The number of halogens is 1. The lowest BCUT2D eigenvalue weighted by Gasteiger charge is -2.22. The molecule has 1 aromatic rings. The van der Waals surface area contributed by atoms with E-state index < -0.39 is 0 Å². The number of aliphatic hydroxyl groups is 1. The molecule has 3 nitrogen and oxygen atoms in total. The number of likely N-dealkylation sites (tertiary alicyclic amines) is 1. The first kappa shape index (κ1) is 14.8. The van der Waals surface area contributed by atoms with Gasteiger partial charge in [-0.1, -0.05) is 23.7 Å². The maximum atomic E-state index is 10.0. The van der Waals surface area contributed by atoms with E-state index in [4.69, 9.17) is 11.6 Å². The molecule has 4 heteroatoms. The first-order valence-electron chi connectivity index (χ1n) is 7.04. The average molecular weight is 283 g/mol. The fourth-order valence-corrected chi connectivity index (χ4v) is 2.64. The van der Waals surface area contributed by atoms with Gasteiger partial charge in [0.1, 0.15) is 0 Å². The van der Waals surface area contributed by atoms with Gasteiger partial charge in [-0.05, 0) is 50.6 Å². The summed E-state index contributed by atoms with van der Waals surface area (Å²) >= 11 is 5.87. The molecule has 106 valence electrons. The highest BCUT2D eigenvalue weighted by Gasteiger charge is 2.16. The summed E-state index contributed by atoms with van der Waals surface area (Å²) in [6.07, 6.45) is 2.23. The quantitative estimate of drug-likeness (QED) is 0.841. The summed E-state index contributed by atoms with van der Waals surface area (Å²) in [6.45, 7) is 5.76. The molecular weight excluding hydrogens is 260 g/mol. The molecule has 1 saturated heterocycles. The summed E-state index contributed by atoms with van der Waals surface area (Å²) in [6, 6.07) is 8.07. The van der Waals surface area contributed by atoms with Crippen LogP contribution in [0.1, 0.15) is 31.4 Å². The Balaban J connectivity index is 1.73. The van der Waals surface area contributed by atoms with Crippen LogP contribution in [0.3, 0.4) is 0 Å². The Morgan fingerprint density at radius 1 is 1.26 bits per heavy atom. The first-order chi connectivity index (χ1) is 9.15. The van der Waals surface area contributed by atoms with Gasteiger partial charge >= 0.3 is 0 Å². The Morgan fingerprint density at radius 2 is 1.89 bits per heavy atom. The second kappa shape index (κ2) is 7.25. The summed E-state index contributed by atoms with van der Waals surface area (Å²) < 4.78 is 0. The van der Waals surface area contributed by atoms with Gasteiger partial charge in [0, 0.05) is 24.2 Å². The van der Waals surface area contributed by atoms with Crippen LogP contribution in [0.5, 0.6) is 0 Å². The number of nitrogens with zero attached hydrogens (tertiary/aromatic N) is 1. The highest BCUT2D eigenvalue weighted by atomic mass is 35.5. The lowest BCUT2D eigenvalue weighted by Crippen LogP contribution is -2.37.